The van der Waals surface area contributed by atoms with Crippen LogP contribution in [0.25, 0.3) is 0 Å². The number of rotatable bonds is 10. The number of nitrogens with one attached hydrogen (secondary N) is 1. The van der Waals surface area contributed by atoms with Crippen molar-refractivity contribution in [2.45, 2.75) is 51.4 Å². The number of carbonyl (C=O) groups is 4. The van der Waals surface area contributed by atoms with Gasteiger partial charge in [0.25, 0.3) is 0 Å². The first kappa shape index (κ1) is 21.1. The lowest BCUT2D eigenvalue weighted by molar-refractivity contribution is -0.138. The van der Waals surface area contributed by atoms with Crippen molar-refractivity contribution < 1.29 is 34.6 Å². The molecule has 0 aromatic rings. The lowest BCUT2D eigenvalue weighted by Gasteiger charge is -1.96. The highest BCUT2D eigenvalue weighted by molar-refractivity contribution is 5.82. The van der Waals surface area contributed by atoms with Gasteiger partial charge in [0.2, 0.25) is 11.8 Å². The second kappa shape index (κ2) is 14.3. The highest BCUT2D eigenvalue weighted by Crippen LogP contribution is 2.04. The Labute approximate surface area is 122 Å². The van der Waals surface area contributed by atoms with Gasteiger partial charge in [-0.05, 0) is 12.8 Å². The summed E-state index contributed by atoms with van der Waals surface area (Å²) in [6.07, 6.45) is 3.18. The van der Waals surface area contributed by atoms with Gasteiger partial charge in [-0.1, -0.05) is 12.8 Å². The summed E-state index contributed by atoms with van der Waals surface area (Å²) in [6.45, 7) is 0. The number of nitrogens with two attached hydrogens (primary N) is 1. The van der Waals surface area contributed by atoms with E-state index in [1.165, 1.54) is 5.48 Å². The van der Waals surface area contributed by atoms with Gasteiger partial charge < -0.3 is 15.9 Å². The summed E-state index contributed by atoms with van der Waals surface area (Å²) >= 11 is 0. The number of primary amides is 1. The molecule has 0 rings (SSSR count). The molecule has 9 heteroatoms. The summed E-state index contributed by atoms with van der Waals surface area (Å²) < 4.78 is 0. The quantitative estimate of drug-likeness (QED) is 0.219. The van der Waals surface area contributed by atoms with Crippen molar-refractivity contribution >= 4 is 23.8 Å². The van der Waals surface area contributed by atoms with Crippen LogP contribution >= 0.6 is 0 Å². The molecule has 0 heterocycles. The van der Waals surface area contributed by atoms with E-state index in [2.05, 4.69) is 0 Å². The Morgan fingerprint density at radius 1 is 0.762 bits per heavy atom. The van der Waals surface area contributed by atoms with Crippen LogP contribution in [0.5, 0.6) is 0 Å². The van der Waals surface area contributed by atoms with Crippen molar-refractivity contribution in [1.82, 2.24) is 5.48 Å². The molecule has 0 aliphatic rings. The van der Waals surface area contributed by atoms with Crippen LogP contribution in [0, 0.1) is 0 Å². The summed E-state index contributed by atoms with van der Waals surface area (Å²) in [5.41, 5.74) is 6.07. The summed E-state index contributed by atoms with van der Waals surface area (Å²) in [7, 11) is 0. The second-order valence-corrected chi connectivity index (χ2v) is 4.20. The third-order valence-electron chi connectivity index (χ3n) is 2.25. The predicted octanol–water partition coefficient (Wildman–Crippen LogP) is 0.253. The van der Waals surface area contributed by atoms with Gasteiger partial charge in [0.05, 0.1) is 0 Å². The molecule has 0 aromatic carbocycles. The highest BCUT2D eigenvalue weighted by atomic mass is 16.5. The van der Waals surface area contributed by atoms with Gasteiger partial charge in [0.1, 0.15) is 0 Å². The van der Waals surface area contributed by atoms with Gasteiger partial charge in [-0.15, -0.1) is 0 Å². The minimum atomic E-state index is -0.784. The van der Waals surface area contributed by atoms with Crippen LogP contribution < -0.4 is 11.2 Å². The molecule has 2 amide bonds. The van der Waals surface area contributed by atoms with Crippen LogP contribution in [0.15, 0.2) is 0 Å². The average molecular weight is 306 g/mol. The molecule has 0 radical (unpaired) electrons. The van der Waals surface area contributed by atoms with E-state index in [0.717, 1.165) is 12.8 Å². The van der Waals surface area contributed by atoms with Crippen LogP contribution in [0.2, 0.25) is 0 Å². The van der Waals surface area contributed by atoms with E-state index < -0.39 is 23.8 Å². The molecule has 0 spiro atoms. The number of carboxylic acids is 2. The first-order valence-electron chi connectivity index (χ1n) is 6.44. The van der Waals surface area contributed by atoms with E-state index in [1.54, 1.807) is 0 Å². The molecule has 0 atom stereocenters. The maximum absolute atomic E-state index is 10.1. The fraction of sp³-hybridized carbons (Fsp3) is 0.667. The number of amides is 2. The fourth-order valence-corrected chi connectivity index (χ4v) is 1.20. The average Bonchev–Trinajstić information content (AvgIpc) is 2.40. The molecule has 0 aliphatic heterocycles. The summed E-state index contributed by atoms with van der Waals surface area (Å²) in [4.78, 5) is 40.2. The van der Waals surface area contributed by atoms with E-state index >= 15 is 0 Å². The number of aliphatic carboxylic acids is 2. The van der Waals surface area contributed by atoms with Crippen LogP contribution in [0.4, 0.5) is 0 Å². The van der Waals surface area contributed by atoms with Gasteiger partial charge in [0, 0.05) is 25.7 Å². The molecule has 0 aromatic heterocycles. The van der Waals surface area contributed by atoms with E-state index in [4.69, 9.17) is 21.2 Å². The topological polar surface area (TPSA) is 167 Å². The molecule has 0 fully saturated rings. The fourth-order valence-electron chi connectivity index (χ4n) is 1.20. The third kappa shape index (κ3) is 23.4. The second-order valence-electron chi connectivity index (χ2n) is 4.20. The number of hydrogen-bond donors (Lipinski definition) is 5. The Bertz CT molecular complexity index is 326. The first-order chi connectivity index (χ1) is 9.79. The number of unbranched alkanes of at least 4 members (excludes halogenated alkanes) is 3. The largest absolute Gasteiger partial charge is 0.481 e. The summed E-state index contributed by atoms with van der Waals surface area (Å²) in [5.74, 6) is -2.73. The minimum absolute atomic E-state index is 0.0353. The maximum atomic E-state index is 10.1. The zero-order valence-electron chi connectivity index (χ0n) is 11.7. The first-order valence-corrected chi connectivity index (χ1v) is 6.44. The van der Waals surface area contributed by atoms with Gasteiger partial charge in [-0.3, -0.25) is 24.4 Å². The van der Waals surface area contributed by atoms with Crippen LogP contribution in [0.3, 0.4) is 0 Å². The van der Waals surface area contributed by atoms with Gasteiger partial charge in [-0.25, -0.2) is 5.48 Å². The molecular weight excluding hydrogens is 284 g/mol. The standard InChI is InChI=1S/C8H14O4.C4H8N2O3/c9-7(10)5-3-1-2-4-6-8(11)12;5-3(7)1-2-4(8)6-9/h1-6H2,(H,9,10)(H,11,12);9H,1-2H2,(H2,5,7)(H,6,8). The van der Waals surface area contributed by atoms with Crippen molar-refractivity contribution in [3.63, 3.8) is 0 Å². The molecule has 0 aliphatic carbocycles. The van der Waals surface area contributed by atoms with E-state index in [-0.39, 0.29) is 25.7 Å². The van der Waals surface area contributed by atoms with Crippen molar-refractivity contribution in [3.8, 4) is 0 Å². The normalized spacial score (nSPS) is 9.19. The zero-order chi connectivity index (χ0) is 16.7. The Hall–Kier alpha value is -2.16. The Morgan fingerprint density at radius 2 is 1.19 bits per heavy atom. The van der Waals surface area contributed by atoms with Crippen molar-refractivity contribution in [1.29, 1.82) is 0 Å². The molecule has 122 valence electrons. The Kier molecular flexibility index (Phi) is 14.4. The molecule has 0 saturated carbocycles. The molecular formula is C12H22N2O7. The van der Waals surface area contributed by atoms with E-state index in [0.29, 0.717) is 12.8 Å². The Balaban J connectivity index is 0. The molecule has 0 saturated heterocycles. The third-order valence-corrected chi connectivity index (χ3v) is 2.25. The number of carbonyl (C=O) groups excluding carboxylic acids is 2. The molecule has 21 heavy (non-hydrogen) atoms. The molecule has 0 bridgehead atoms. The SMILES string of the molecule is NC(=O)CCC(=O)NO.O=C(O)CCCCCCC(=O)O. The molecule has 6 N–H and O–H groups in total. The van der Waals surface area contributed by atoms with Crippen LogP contribution in [-0.2, 0) is 19.2 Å². The van der Waals surface area contributed by atoms with Gasteiger partial charge in [-0.2, -0.15) is 0 Å². The minimum Gasteiger partial charge on any atom is -0.481 e. The van der Waals surface area contributed by atoms with E-state index in [1.807, 2.05) is 0 Å². The van der Waals surface area contributed by atoms with E-state index in [9.17, 15) is 19.2 Å². The van der Waals surface area contributed by atoms with Crippen LogP contribution in [0.1, 0.15) is 51.4 Å². The Morgan fingerprint density at radius 3 is 1.48 bits per heavy atom. The number of hydroxylamine groups is 1. The summed E-state index contributed by atoms with van der Waals surface area (Å²) in [6, 6.07) is 0. The van der Waals surface area contributed by atoms with Crippen molar-refractivity contribution in [2.24, 2.45) is 5.73 Å². The lowest BCUT2D eigenvalue weighted by Crippen LogP contribution is -2.21. The van der Waals surface area contributed by atoms with Crippen LogP contribution in [-0.4, -0.2) is 39.2 Å². The number of carboxylic acid groups (broad SMARTS) is 2. The molecule has 9 nitrogen and oxygen atoms in total. The zero-order valence-corrected chi connectivity index (χ0v) is 11.7. The van der Waals surface area contributed by atoms with Gasteiger partial charge >= 0.3 is 11.9 Å². The predicted molar refractivity (Wildman–Crippen MR) is 71.3 cm³/mol. The number of hydrogen-bond acceptors (Lipinski definition) is 5. The highest BCUT2D eigenvalue weighted by Gasteiger charge is 2.00. The molecule has 0 unspecified atom stereocenters. The smallest absolute Gasteiger partial charge is 0.303 e. The lowest BCUT2D eigenvalue weighted by atomic mass is 10.1. The maximum Gasteiger partial charge on any atom is 0.303 e. The van der Waals surface area contributed by atoms with Crippen molar-refractivity contribution in [2.75, 3.05) is 0 Å². The van der Waals surface area contributed by atoms with Gasteiger partial charge in [0.15, 0.2) is 0 Å². The summed E-state index contributed by atoms with van der Waals surface area (Å²) in [5, 5.41) is 24.4. The van der Waals surface area contributed by atoms with Crippen molar-refractivity contribution in [3.05, 3.63) is 0 Å². The monoisotopic (exact) mass is 306 g/mol.